The third kappa shape index (κ3) is 3.04. The third-order valence-corrected chi connectivity index (χ3v) is 7.39. The largest absolute Gasteiger partial charge is 0.486 e. The zero-order chi connectivity index (χ0) is 19.1. The summed E-state index contributed by atoms with van der Waals surface area (Å²) < 4.78 is 39.1. The van der Waals surface area contributed by atoms with Crippen LogP contribution in [0.5, 0.6) is 11.5 Å². The van der Waals surface area contributed by atoms with Gasteiger partial charge in [-0.2, -0.15) is 4.31 Å². The maximum absolute atomic E-state index is 13.2. The fourth-order valence-corrected chi connectivity index (χ4v) is 5.60. The maximum Gasteiger partial charge on any atom is 0.243 e. The molecule has 2 aromatic carbocycles. The highest BCUT2D eigenvalue weighted by atomic mass is 32.2. The van der Waals surface area contributed by atoms with Crippen molar-refractivity contribution in [3.05, 3.63) is 54.2 Å². The van der Waals surface area contributed by atoms with Gasteiger partial charge in [0.25, 0.3) is 0 Å². The molecule has 5 rings (SSSR count). The van der Waals surface area contributed by atoms with E-state index in [9.17, 15) is 8.42 Å². The lowest BCUT2D eigenvalue weighted by atomic mass is 9.96. The van der Waals surface area contributed by atoms with Crippen LogP contribution in [0.15, 0.2) is 53.4 Å². The van der Waals surface area contributed by atoms with E-state index in [1.807, 2.05) is 18.2 Å². The number of hydrogen-bond acceptors (Lipinski definition) is 4. The number of para-hydroxylation sites is 1. The number of H-pyrrole nitrogens is 1. The average Bonchev–Trinajstić information content (AvgIpc) is 3.18. The van der Waals surface area contributed by atoms with Crippen molar-refractivity contribution in [2.45, 2.75) is 23.7 Å². The molecule has 1 fully saturated rings. The molecule has 3 aromatic rings. The van der Waals surface area contributed by atoms with Crippen molar-refractivity contribution in [3.63, 3.8) is 0 Å². The molecule has 1 aromatic heterocycles. The lowest BCUT2D eigenvalue weighted by Gasteiger charge is -2.31. The minimum absolute atomic E-state index is 0.160. The predicted molar refractivity (Wildman–Crippen MR) is 106 cm³/mol. The van der Waals surface area contributed by atoms with Crippen LogP contribution in [0.3, 0.4) is 0 Å². The average molecular weight is 398 g/mol. The molecule has 1 N–H and O–H groups in total. The van der Waals surface area contributed by atoms with Gasteiger partial charge in [-0.3, -0.25) is 0 Å². The van der Waals surface area contributed by atoms with E-state index < -0.39 is 10.0 Å². The Kier molecular flexibility index (Phi) is 4.29. The Bertz CT molecular complexity index is 1090. The number of aromatic nitrogens is 1. The Balaban J connectivity index is 1.42. The van der Waals surface area contributed by atoms with E-state index in [1.165, 1.54) is 0 Å². The SMILES string of the molecule is O=S(=O)(c1ccc2c(c1)OCCO2)N1CCCC(c2cc3ccccc3[nH]2)C1. The van der Waals surface area contributed by atoms with Crippen molar-refractivity contribution in [1.29, 1.82) is 0 Å². The molecule has 0 spiro atoms. The fourth-order valence-electron chi connectivity index (χ4n) is 4.06. The molecule has 6 nitrogen and oxygen atoms in total. The van der Waals surface area contributed by atoms with E-state index in [0.29, 0.717) is 37.8 Å². The molecule has 0 bridgehead atoms. The Hall–Kier alpha value is -2.51. The van der Waals surface area contributed by atoms with Crippen LogP contribution in [-0.4, -0.2) is 44.0 Å². The topological polar surface area (TPSA) is 71.6 Å². The Morgan fingerprint density at radius 2 is 1.82 bits per heavy atom. The van der Waals surface area contributed by atoms with Crippen molar-refractivity contribution in [3.8, 4) is 11.5 Å². The van der Waals surface area contributed by atoms with Crippen LogP contribution >= 0.6 is 0 Å². The Morgan fingerprint density at radius 3 is 2.68 bits per heavy atom. The van der Waals surface area contributed by atoms with Gasteiger partial charge < -0.3 is 14.5 Å². The summed E-state index contributed by atoms with van der Waals surface area (Å²) in [7, 11) is -3.58. The first kappa shape index (κ1) is 17.6. The zero-order valence-corrected chi connectivity index (χ0v) is 16.2. The van der Waals surface area contributed by atoms with Gasteiger partial charge in [-0.1, -0.05) is 18.2 Å². The Morgan fingerprint density at radius 1 is 1.00 bits per heavy atom. The van der Waals surface area contributed by atoms with Crippen molar-refractivity contribution >= 4 is 20.9 Å². The second kappa shape index (κ2) is 6.83. The van der Waals surface area contributed by atoms with Gasteiger partial charge in [0.05, 0.1) is 4.90 Å². The number of ether oxygens (including phenoxy) is 2. The number of hydrogen-bond donors (Lipinski definition) is 1. The van der Waals surface area contributed by atoms with Gasteiger partial charge in [0.15, 0.2) is 11.5 Å². The second-order valence-electron chi connectivity index (χ2n) is 7.32. The second-order valence-corrected chi connectivity index (χ2v) is 9.26. The van der Waals surface area contributed by atoms with Crippen LogP contribution < -0.4 is 9.47 Å². The normalized spacial score (nSPS) is 20.4. The van der Waals surface area contributed by atoms with Gasteiger partial charge in [-0.25, -0.2) is 8.42 Å². The summed E-state index contributed by atoms with van der Waals surface area (Å²) in [5, 5.41) is 1.16. The van der Waals surface area contributed by atoms with Crippen LogP contribution in [0.1, 0.15) is 24.5 Å². The summed E-state index contributed by atoms with van der Waals surface area (Å²) in [6.45, 7) is 1.93. The van der Waals surface area contributed by atoms with Gasteiger partial charge in [-0.15, -0.1) is 0 Å². The first-order valence-electron chi connectivity index (χ1n) is 9.59. The lowest BCUT2D eigenvalue weighted by molar-refractivity contribution is 0.171. The fraction of sp³-hybridized carbons (Fsp3) is 0.333. The number of aromatic amines is 1. The molecule has 7 heteroatoms. The van der Waals surface area contributed by atoms with Gasteiger partial charge in [0.2, 0.25) is 10.0 Å². The molecule has 0 saturated carbocycles. The molecule has 0 radical (unpaired) electrons. The maximum atomic E-state index is 13.2. The van der Waals surface area contributed by atoms with Crippen LogP contribution in [0.4, 0.5) is 0 Å². The molecule has 1 saturated heterocycles. The first-order valence-corrected chi connectivity index (χ1v) is 11.0. The highest BCUT2D eigenvalue weighted by molar-refractivity contribution is 7.89. The van der Waals surface area contributed by atoms with Crippen molar-refractivity contribution in [1.82, 2.24) is 9.29 Å². The molecule has 3 heterocycles. The smallest absolute Gasteiger partial charge is 0.243 e. The summed E-state index contributed by atoms with van der Waals surface area (Å²) in [6.07, 6.45) is 1.81. The molecular weight excluding hydrogens is 376 g/mol. The van der Waals surface area contributed by atoms with Crippen LogP contribution in [0.25, 0.3) is 10.9 Å². The number of piperidine rings is 1. The monoisotopic (exact) mass is 398 g/mol. The predicted octanol–water partition coefficient (Wildman–Crippen LogP) is 3.51. The molecule has 2 aliphatic heterocycles. The molecule has 146 valence electrons. The standard InChI is InChI=1S/C21H22N2O4S/c24-28(25,17-7-8-20-21(13-17)27-11-10-26-20)23-9-3-5-16(14-23)19-12-15-4-1-2-6-18(15)22-19/h1-2,4,6-8,12-13,16,22H,3,5,9-11,14H2. The van der Waals surface area contributed by atoms with Gasteiger partial charge >= 0.3 is 0 Å². The summed E-state index contributed by atoms with van der Waals surface area (Å²) in [4.78, 5) is 3.72. The van der Waals surface area contributed by atoms with E-state index in [1.54, 1.807) is 22.5 Å². The van der Waals surface area contributed by atoms with Gasteiger partial charge in [0, 0.05) is 36.3 Å². The molecule has 0 amide bonds. The third-order valence-electron chi connectivity index (χ3n) is 5.53. The van der Waals surface area contributed by atoms with E-state index in [0.717, 1.165) is 29.4 Å². The summed E-state index contributed by atoms with van der Waals surface area (Å²) >= 11 is 0. The number of sulfonamides is 1. The highest BCUT2D eigenvalue weighted by Crippen LogP contribution is 2.35. The van der Waals surface area contributed by atoms with E-state index >= 15 is 0 Å². The summed E-state index contributed by atoms with van der Waals surface area (Å²) in [6, 6.07) is 15.1. The van der Waals surface area contributed by atoms with Crippen molar-refractivity contribution in [2.24, 2.45) is 0 Å². The van der Waals surface area contributed by atoms with Crippen LogP contribution in [-0.2, 0) is 10.0 Å². The van der Waals surface area contributed by atoms with Crippen molar-refractivity contribution < 1.29 is 17.9 Å². The van der Waals surface area contributed by atoms with Gasteiger partial charge in [0.1, 0.15) is 13.2 Å². The lowest BCUT2D eigenvalue weighted by Crippen LogP contribution is -2.39. The highest BCUT2D eigenvalue weighted by Gasteiger charge is 2.32. The number of nitrogens with one attached hydrogen (secondary N) is 1. The molecule has 1 unspecified atom stereocenters. The van der Waals surface area contributed by atoms with E-state index in [4.69, 9.17) is 9.47 Å². The molecule has 0 aliphatic carbocycles. The zero-order valence-electron chi connectivity index (χ0n) is 15.4. The van der Waals surface area contributed by atoms with Crippen LogP contribution in [0.2, 0.25) is 0 Å². The minimum Gasteiger partial charge on any atom is -0.486 e. The van der Waals surface area contributed by atoms with Gasteiger partial charge in [-0.05, 0) is 42.5 Å². The Labute approximate surface area is 164 Å². The first-order chi connectivity index (χ1) is 13.6. The molecule has 2 aliphatic rings. The molecule has 1 atom stereocenters. The minimum atomic E-state index is -3.58. The summed E-state index contributed by atoms with van der Waals surface area (Å²) in [5.74, 6) is 1.25. The summed E-state index contributed by atoms with van der Waals surface area (Å²) in [5.41, 5.74) is 2.19. The van der Waals surface area contributed by atoms with Crippen LogP contribution in [0, 0.1) is 0 Å². The van der Waals surface area contributed by atoms with Crippen molar-refractivity contribution in [2.75, 3.05) is 26.3 Å². The van der Waals surface area contributed by atoms with E-state index in [2.05, 4.69) is 17.1 Å². The quantitative estimate of drug-likeness (QED) is 0.733. The molecule has 28 heavy (non-hydrogen) atoms. The number of benzene rings is 2. The number of rotatable bonds is 3. The number of fused-ring (bicyclic) bond motifs is 2. The number of nitrogens with zero attached hydrogens (tertiary/aromatic N) is 1. The van der Waals surface area contributed by atoms with E-state index in [-0.39, 0.29) is 10.8 Å². The molecular formula is C21H22N2O4S.